The number of hydrogen-bond acceptors (Lipinski definition) is 2. The second kappa shape index (κ2) is 4.33. The molecule has 1 saturated heterocycles. The summed E-state index contributed by atoms with van der Waals surface area (Å²) in [7, 11) is 0. The SMILES string of the molecule is O=C(Cl)C(F)(F)CC1CCCNC1. The number of piperidine rings is 1. The van der Waals surface area contributed by atoms with Crippen molar-refractivity contribution in [1.82, 2.24) is 5.32 Å². The molecule has 1 fully saturated rings. The van der Waals surface area contributed by atoms with Crippen molar-refractivity contribution in [3.8, 4) is 0 Å². The summed E-state index contributed by atoms with van der Waals surface area (Å²) in [5.74, 6) is -3.49. The van der Waals surface area contributed by atoms with Gasteiger partial charge in [0.1, 0.15) is 0 Å². The third-order valence-electron chi connectivity index (χ3n) is 2.23. The summed E-state index contributed by atoms with van der Waals surface area (Å²) in [5.41, 5.74) is 0. The van der Waals surface area contributed by atoms with Gasteiger partial charge in [-0.25, -0.2) is 0 Å². The Morgan fingerprint density at radius 2 is 2.31 bits per heavy atom. The van der Waals surface area contributed by atoms with E-state index in [0.717, 1.165) is 19.4 Å². The van der Waals surface area contributed by atoms with Gasteiger partial charge in [-0.3, -0.25) is 4.79 Å². The number of rotatable bonds is 3. The zero-order valence-electron chi connectivity index (χ0n) is 7.16. The van der Waals surface area contributed by atoms with Crippen molar-refractivity contribution in [3.05, 3.63) is 0 Å². The third-order valence-corrected chi connectivity index (χ3v) is 2.51. The molecule has 1 atom stereocenters. The van der Waals surface area contributed by atoms with Gasteiger partial charge >= 0.3 is 5.92 Å². The lowest BCUT2D eigenvalue weighted by molar-refractivity contribution is -0.136. The fourth-order valence-electron chi connectivity index (χ4n) is 1.54. The van der Waals surface area contributed by atoms with Crippen LogP contribution in [-0.4, -0.2) is 24.3 Å². The van der Waals surface area contributed by atoms with Crippen molar-refractivity contribution in [2.24, 2.45) is 5.92 Å². The van der Waals surface area contributed by atoms with E-state index in [2.05, 4.69) is 5.32 Å². The van der Waals surface area contributed by atoms with Crippen LogP contribution >= 0.6 is 11.6 Å². The summed E-state index contributed by atoms with van der Waals surface area (Å²) in [6.07, 6.45) is 1.20. The average molecular weight is 212 g/mol. The molecule has 1 aliphatic heterocycles. The Hall–Kier alpha value is -0.220. The van der Waals surface area contributed by atoms with Crippen LogP contribution in [0, 0.1) is 5.92 Å². The second-order valence-electron chi connectivity index (χ2n) is 3.39. The van der Waals surface area contributed by atoms with E-state index >= 15 is 0 Å². The molecule has 2 nitrogen and oxygen atoms in total. The van der Waals surface area contributed by atoms with Crippen LogP contribution in [-0.2, 0) is 4.79 Å². The molecule has 13 heavy (non-hydrogen) atoms. The van der Waals surface area contributed by atoms with Crippen LogP contribution in [0.2, 0.25) is 0 Å². The Bertz CT molecular complexity index is 193. The minimum Gasteiger partial charge on any atom is -0.316 e. The Balaban J connectivity index is 2.41. The van der Waals surface area contributed by atoms with Crippen LogP contribution in [0.25, 0.3) is 0 Å². The predicted octanol–water partition coefficient (Wildman–Crippen LogP) is 1.78. The molecule has 76 valence electrons. The normalized spacial score (nSPS) is 24.4. The zero-order valence-corrected chi connectivity index (χ0v) is 7.91. The maximum absolute atomic E-state index is 12.8. The van der Waals surface area contributed by atoms with Crippen LogP contribution in [0.15, 0.2) is 0 Å². The number of carbonyl (C=O) groups excluding carboxylic acids is 1. The molecular formula is C8H12ClF2NO. The molecule has 0 aromatic heterocycles. The van der Waals surface area contributed by atoms with Crippen molar-refractivity contribution in [1.29, 1.82) is 0 Å². The van der Waals surface area contributed by atoms with Crippen molar-refractivity contribution >= 4 is 16.8 Å². The maximum atomic E-state index is 12.8. The van der Waals surface area contributed by atoms with E-state index in [0.29, 0.717) is 6.54 Å². The molecular weight excluding hydrogens is 200 g/mol. The molecule has 1 heterocycles. The third kappa shape index (κ3) is 3.19. The van der Waals surface area contributed by atoms with Crippen molar-refractivity contribution < 1.29 is 13.6 Å². The molecule has 0 amide bonds. The number of nitrogens with one attached hydrogen (secondary N) is 1. The molecule has 0 aromatic rings. The molecule has 0 spiro atoms. The van der Waals surface area contributed by atoms with Gasteiger partial charge in [0.15, 0.2) is 0 Å². The molecule has 0 saturated carbocycles. The van der Waals surface area contributed by atoms with Crippen molar-refractivity contribution in [3.63, 3.8) is 0 Å². The van der Waals surface area contributed by atoms with E-state index < -0.39 is 17.6 Å². The van der Waals surface area contributed by atoms with E-state index in [1.54, 1.807) is 0 Å². The van der Waals surface area contributed by atoms with Gasteiger partial charge in [0, 0.05) is 6.42 Å². The van der Waals surface area contributed by atoms with Crippen LogP contribution in [0.3, 0.4) is 0 Å². The molecule has 1 unspecified atom stereocenters. The minimum atomic E-state index is -3.36. The maximum Gasteiger partial charge on any atom is 0.320 e. The highest BCUT2D eigenvalue weighted by Crippen LogP contribution is 2.29. The first-order chi connectivity index (χ1) is 6.02. The Morgan fingerprint density at radius 3 is 2.77 bits per heavy atom. The lowest BCUT2D eigenvalue weighted by atomic mass is 9.93. The molecule has 1 N–H and O–H groups in total. The number of carbonyl (C=O) groups is 1. The number of alkyl halides is 2. The molecule has 0 aliphatic carbocycles. The first-order valence-electron chi connectivity index (χ1n) is 4.31. The lowest BCUT2D eigenvalue weighted by Gasteiger charge is -2.25. The van der Waals surface area contributed by atoms with E-state index in [1.807, 2.05) is 0 Å². The van der Waals surface area contributed by atoms with Gasteiger partial charge in [-0.05, 0) is 43.5 Å². The largest absolute Gasteiger partial charge is 0.320 e. The quantitative estimate of drug-likeness (QED) is 0.721. The monoisotopic (exact) mass is 211 g/mol. The smallest absolute Gasteiger partial charge is 0.316 e. The van der Waals surface area contributed by atoms with Crippen LogP contribution < -0.4 is 5.32 Å². The van der Waals surface area contributed by atoms with Crippen LogP contribution in [0.1, 0.15) is 19.3 Å². The fraction of sp³-hybridized carbons (Fsp3) is 0.875. The minimum absolute atomic E-state index is 0.133. The Morgan fingerprint density at radius 1 is 1.62 bits per heavy atom. The van der Waals surface area contributed by atoms with Crippen molar-refractivity contribution in [2.75, 3.05) is 13.1 Å². The van der Waals surface area contributed by atoms with Crippen LogP contribution in [0.4, 0.5) is 8.78 Å². The first-order valence-corrected chi connectivity index (χ1v) is 4.68. The zero-order chi connectivity index (χ0) is 9.90. The van der Waals surface area contributed by atoms with Crippen LogP contribution in [0.5, 0.6) is 0 Å². The molecule has 1 rings (SSSR count). The number of hydrogen-bond donors (Lipinski definition) is 1. The highest BCUT2D eigenvalue weighted by molar-refractivity contribution is 6.65. The lowest BCUT2D eigenvalue weighted by Crippen LogP contribution is -2.36. The highest BCUT2D eigenvalue weighted by atomic mass is 35.5. The summed E-state index contributed by atoms with van der Waals surface area (Å²) in [4.78, 5) is 10.3. The van der Waals surface area contributed by atoms with Gasteiger partial charge in [-0.2, -0.15) is 8.78 Å². The summed E-state index contributed by atoms with van der Waals surface area (Å²) in [5, 5.41) is 1.47. The standard InChI is InChI=1S/C8H12ClF2NO/c9-7(13)8(10,11)4-6-2-1-3-12-5-6/h6,12H,1-5H2. The summed E-state index contributed by atoms with van der Waals surface area (Å²) < 4.78 is 25.6. The first kappa shape index (κ1) is 10.9. The molecule has 1 aliphatic rings. The average Bonchev–Trinajstić information content (AvgIpc) is 2.05. The number of halogens is 3. The van der Waals surface area contributed by atoms with Crippen molar-refractivity contribution in [2.45, 2.75) is 25.2 Å². The molecule has 0 radical (unpaired) electrons. The molecule has 0 bridgehead atoms. The second-order valence-corrected chi connectivity index (χ2v) is 3.74. The van der Waals surface area contributed by atoms with Gasteiger partial charge in [-0.1, -0.05) is 0 Å². The van der Waals surface area contributed by atoms with Gasteiger partial charge in [-0.15, -0.1) is 0 Å². The van der Waals surface area contributed by atoms with Gasteiger partial charge < -0.3 is 5.32 Å². The Labute approximate surface area is 80.6 Å². The van der Waals surface area contributed by atoms with E-state index in [-0.39, 0.29) is 5.92 Å². The summed E-state index contributed by atoms with van der Waals surface area (Å²) >= 11 is 4.78. The van der Waals surface area contributed by atoms with Gasteiger partial charge in [0.25, 0.3) is 5.24 Å². The summed E-state index contributed by atoms with van der Waals surface area (Å²) in [6.45, 7) is 1.43. The molecule has 5 heteroatoms. The van der Waals surface area contributed by atoms with E-state index in [4.69, 9.17) is 11.6 Å². The summed E-state index contributed by atoms with van der Waals surface area (Å²) in [6, 6.07) is 0. The van der Waals surface area contributed by atoms with Gasteiger partial charge in [0.05, 0.1) is 0 Å². The Kier molecular flexibility index (Phi) is 3.62. The van der Waals surface area contributed by atoms with Gasteiger partial charge in [0.2, 0.25) is 0 Å². The fourth-order valence-corrected chi connectivity index (χ4v) is 1.62. The topological polar surface area (TPSA) is 29.1 Å². The van der Waals surface area contributed by atoms with E-state index in [9.17, 15) is 13.6 Å². The molecule has 0 aromatic carbocycles. The van der Waals surface area contributed by atoms with E-state index in [1.165, 1.54) is 0 Å². The highest BCUT2D eigenvalue weighted by Gasteiger charge is 2.39. The predicted molar refractivity (Wildman–Crippen MR) is 46.0 cm³/mol.